The van der Waals surface area contributed by atoms with Gasteiger partial charge in [-0.25, -0.2) is 0 Å². The number of hydrogen-bond donors (Lipinski definition) is 1. The molecule has 0 radical (unpaired) electrons. The highest BCUT2D eigenvalue weighted by atomic mass is 35.5. The summed E-state index contributed by atoms with van der Waals surface area (Å²) in [5.41, 5.74) is 6.61. The summed E-state index contributed by atoms with van der Waals surface area (Å²) >= 11 is 11.8. The molecule has 2 N–H and O–H groups in total. The number of rotatable bonds is 6. The Balaban J connectivity index is 2.81. The van der Waals surface area contributed by atoms with Crippen molar-refractivity contribution >= 4 is 34.8 Å². The summed E-state index contributed by atoms with van der Waals surface area (Å²) < 4.78 is 0. The van der Waals surface area contributed by atoms with Gasteiger partial charge in [-0.2, -0.15) is 0 Å². The lowest BCUT2D eigenvalue weighted by atomic mass is 10.0. The Hall–Kier alpha value is -1.26. The quantitative estimate of drug-likeness (QED) is 0.646. The van der Waals surface area contributed by atoms with Crippen molar-refractivity contribution in [1.82, 2.24) is 0 Å². The molecule has 0 heterocycles. The number of amides is 1. The van der Waals surface area contributed by atoms with Crippen molar-refractivity contribution < 1.29 is 9.63 Å². The number of hydrogen-bond acceptors (Lipinski definition) is 3. The minimum atomic E-state index is -0.332. The van der Waals surface area contributed by atoms with Crippen LogP contribution in [0.25, 0.3) is 0 Å². The molecular weight excluding hydrogens is 275 g/mol. The van der Waals surface area contributed by atoms with Crippen LogP contribution in [0.4, 0.5) is 0 Å². The average Bonchev–Trinajstić information content (AvgIpc) is 2.31. The van der Waals surface area contributed by atoms with Crippen LogP contribution < -0.4 is 5.73 Å². The van der Waals surface area contributed by atoms with Crippen LogP contribution in [0.3, 0.4) is 0 Å². The molecule has 0 fully saturated rings. The maximum absolute atomic E-state index is 10.7. The summed E-state index contributed by atoms with van der Waals surface area (Å²) in [6.07, 6.45) is 1.50. The first-order chi connectivity index (χ1) is 8.54. The van der Waals surface area contributed by atoms with Gasteiger partial charge in [-0.15, -0.1) is 0 Å². The van der Waals surface area contributed by atoms with E-state index in [4.69, 9.17) is 33.8 Å². The second kappa shape index (κ2) is 7.24. The molecular formula is C12H14Cl2N2O2. The van der Waals surface area contributed by atoms with E-state index in [1.54, 1.807) is 18.2 Å². The molecule has 4 nitrogen and oxygen atoms in total. The van der Waals surface area contributed by atoms with Crippen molar-refractivity contribution in [2.75, 3.05) is 7.11 Å². The largest absolute Gasteiger partial charge is 0.399 e. The van der Waals surface area contributed by atoms with Gasteiger partial charge in [-0.05, 0) is 25.0 Å². The van der Waals surface area contributed by atoms with E-state index < -0.39 is 0 Å². The Morgan fingerprint density at radius 2 is 2.06 bits per heavy atom. The van der Waals surface area contributed by atoms with E-state index in [2.05, 4.69) is 5.16 Å². The summed E-state index contributed by atoms with van der Waals surface area (Å²) in [5.74, 6) is -0.332. The maximum Gasteiger partial charge on any atom is 0.217 e. The van der Waals surface area contributed by atoms with E-state index in [9.17, 15) is 4.79 Å². The third-order valence-electron chi connectivity index (χ3n) is 2.29. The molecule has 6 heteroatoms. The van der Waals surface area contributed by atoms with Crippen LogP contribution in [-0.4, -0.2) is 18.7 Å². The molecule has 0 saturated heterocycles. The van der Waals surface area contributed by atoms with E-state index in [1.807, 2.05) is 0 Å². The van der Waals surface area contributed by atoms with E-state index in [0.29, 0.717) is 35.0 Å². The molecule has 1 amide bonds. The molecule has 98 valence electrons. The van der Waals surface area contributed by atoms with E-state index >= 15 is 0 Å². The van der Waals surface area contributed by atoms with Crippen LogP contribution in [0.1, 0.15) is 24.8 Å². The van der Waals surface area contributed by atoms with Crippen LogP contribution in [-0.2, 0) is 9.63 Å². The summed E-state index contributed by atoms with van der Waals surface area (Å²) in [6, 6.07) is 5.21. The molecule has 0 unspecified atom stereocenters. The van der Waals surface area contributed by atoms with Gasteiger partial charge in [0.15, 0.2) is 0 Å². The summed E-state index contributed by atoms with van der Waals surface area (Å²) in [7, 11) is 1.46. The highest BCUT2D eigenvalue weighted by Crippen LogP contribution is 2.23. The predicted octanol–water partition coefficient (Wildman–Crippen LogP) is 3.00. The molecule has 1 rings (SSSR count). The van der Waals surface area contributed by atoms with E-state index in [-0.39, 0.29) is 5.91 Å². The molecule has 0 atom stereocenters. The molecule has 0 aliphatic carbocycles. The van der Waals surface area contributed by atoms with Crippen molar-refractivity contribution in [2.45, 2.75) is 19.3 Å². The summed E-state index contributed by atoms with van der Waals surface area (Å²) in [5, 5.41) is 4.86. The standard InChI is InChI=1S/C12H14Cl2N2O2/c1-18-16-11(3-2-4-12(15)17)8-5-6-9(13)10(14)7-8/h5-7H,2-4H2,1H3,(H2,15,17)/b16-11-. The molecule has 1 aromatic carbocycles. The lowest BCUT2D eigenvalue weighted by Gasteiger charge is -2.06. The number of primary amides is 1. The average molecular weight is 289 g/mol. The first-order valence-corrected chi connectivity index (χ1v) is 6.14. The van der Waals surface area contributed by atoms with E-state index in [0.717, 1.165) is 5.56 Å². The zero-order chi connectivity index (χ0) is 13.5. The Morgan fingerprint density at radius 3 is 2.61 bits per heavy atom. The molecule has 0 aliphatic rings. The van der Waals surface area contributed by atoms with Crippen LogP contribution in [0, 0.1) is 0 Å². The van der Waals surface area contributed by atoms with E-state index in [1.165, 1.54) is 7.11 Å². The Labute approximate surface area is 116 Å². The Kier molecular flexibility index (Phi) is 5.95. The van der Waals surface area contributed by atoms with Gasteiger partial charge in [0.25, 0.3) is 0 Å². The zero-order valence-corrected chi connectivity index (χ0v) is 11.5. The van der Waals surface area contributed by atoms with Crippen molar-refractivity contribution in [2.24, 2.45) is 10.9 Å². The lowest BCUT2D eigenvalue weighted by Crippen LogP contribution is -2.11. The topological polar surface area (TPSA) is 64.7 Å². The van der Waals surface area contributed by atoms with Gasteiger partial charge in [-0.3, -0.25) is 4.79 Å². The Morgan fingerprint density at radius 1 is 1.33 bits per heavy atom. The third kappa shape index (κ3) is 4.55. The minimum absolute atomic E-state index is 0.310. The number of halogens is 2. The van der Waals surface area contributed by atoms with Crippen molar-refractivity contribution in [1.29, 1.82) is 0 Å². The first-order valence-electron chi connectivity index (χ1n) is 5.38. The van der Waals surface area contributed by atoms with Gasteiger partial charge < -0.3 is 10.6 Å². The van der Waals surface area contributed by atoms with Gasteiger partial charge in [0.2, 0.25) is 5.91 Å². The van der Waals surface area contributed by atoms with Crippen LogP contribution in [0.5, 0.6) is 0 Å². The smallest absolute Gasteiger partial charge is 0.217 e. The molecule has 18 heavy (non-hydrogen) atoms. The van der Waals surface area contributed by atoms with Gasteiger partial charge in [0.1, 0.15) is 7.11 Å². The molecule has 0 spiro atoms. The number of nitrogens with two attached hydrogens (primary N) is 1. The van der Waals surface area contributed by atoms with Gasteiger partial charge in [0, 0.05) is 12.0 Å². The highest BCUT2D eigenvalue weighted by molar-refractivity contribution is 6.42. The van der Waals surface area contributed by atoms with Gasteiger partial charge >= 0.3 is 0 Å². The molecule has 0 bridgehead atoms. The normalized spacial score (nSPS) is 11.4. The van der Waals surface area contributed by atoms with Crippen molar-refractivity contribution in [3.63, 3.8) is 0 Å². The second-order valence-corrected chi connectivity index (χ2v) is 4.48. The number of carbonyl (C=O) groups is 1. The van der Waals surface area contributed by atoms with Gasteiger partial charge in [-0.1, -0.05) is 34.4 Å². The fourth-order valence-corrected chi connectivity index (χ4v) is 1.76. The number of carbonyl (C=O) groups excluding carboxylic acids is 1. The monoisotopic (exact) mass is 288 g/mol. The molecule has 0 aromatic heterocycles. The van der Waals surface area contributed by atoms with Crippen LogP contribution in [0.15, 0.2) is 23.4 Å². The molecule has 1 aromatic rings. The van der Waals surface area contributed by atoms with Crippen molar-refractivity contribution in [3.05, 3.63) is 33.8 Å². The molecule has 0 saturated carbocycles. The van der Waals surface area contributed by atoms with Crippen molar-refractivity contribution in [3.8, 4) is 0 Å². The maximum atomic E-state index is 10.7. The fraction of sp³-hybridized carbons (Fsp3) is 0.333. The van der Waals surface area contributed by atoms with Crippen LogP contribution >= 0.6 is 23.2 Å². The SMILES string of the molecule is CO/N=C(/CCCC(N)=O)c1ccc(Cl)c(Cl)c1. The zero-order valence-electron chi connectivity index (χ0n) is 9.95. The highest BCUT2D eigenvalue weighted by Gasteiger charge is 2.08. The summed E-state index contributed by atoms with van der Waals surface area (Å²) in [4.78, 5) is 15.5. The Bertz CT molecular complexity index is 461. The molecule has 0 aliphatic heterocycles. The predicted molar refractivity (Wildman–Crippen MR) is 73.1 cm³/mol. The number of oxime groups is 1. The second-order valence-electron chi connectivity index (χ2n) is 3.67. The first kappa shape index (κ1) is 14.8. The fourth-order valence-electron chi connectivity index (χ4n) is 1.46. The number of benzene rings is 1. The third-order valence-corrected chi connectivity index (χ3v) is 3.03. The van der Waals surface area contributed by atoms with Gasteiger partial charge in [0.05, 0.1) is 15.8 Å². The van der Waals surface area contributed by atoms with Crippen LogP contribution in [0.2, 0.25) is 10.0 Å². The lowest BCUT2D eigenvalue weighted by molar-refractivity contribution is -0.118. The number of nitrogens with zero attached hydrogens (tertiary/aromatic N) is 1. The summed E-state index contributed by atoms with van der Waals surface area (Å²) in [6.45, 7) is 0. The minimum Gasteiger partial charge on any atom is -0.399 e.